The fraction of sp³-hybridized carbons (Fsp3) is 0.474. The van der Waals surface area contributed by atoms with Gasteiger partial charge in [-0.3, -0.25) is 19.4 Å². The summed E-state index contributed by atoms with van der Waals surface area (Å²) in [4.78, 5) is 25.2. The normalized spacial score (nSPS) is 24.7. The molecule has 1 saturated heterocycles. The topological polar surface area (TPSA) is 96.4 Å². The number of hydrogen-bond donors (Lipinski definition) is 3. The first-order chi connectivity index (χ1) is 12.8. The number of hydrogen-bond acceptors (Lipinski definition) is 5. The first-order valence-corrected chi connectivity index (χ1v) is 10.1. The number of carbonyl (C=O) groups excluding carboxylic acids is 1. The van der Waals surface area contributed by atoms with Crippen LogP contribution in [0.15, 0.2) is 29.1 Å². The van der Waals surface area contributed by atoms with Crippen molar-refractivity contribution < 1.29 is 14.6 Å². The Morgan fingerprint density at radius 3 is 2.70 bits per heavy atom. The summed E-state index contributed by atoms with van der Waals surface area (Å²) < 4.78 is 7.61. The Kier molecular flexibility index (Phi) is 4.55. The van der Waals surface area contributed by atoms with Crippen molar-refractivity contribution in [1.29, 1.82) is 0 Å². The summed E-state index contributed by atoms with van der Waals surface area (Å²) in [5.74, 6) is 0.860. The van der Waals surface area contributed by atoms with Crippen LogP contribution in [0.25, 0.3) is 0 Å². The lowest BCUT2D eigenvalue weighted by Crippen LogP contribution is -2.36. The number of aromatic hydroxyl groups is 1. The van der Waals surface area contributed by atoms with Crippen molar-refractivity contribution >= 4 is 23.5 Å². The number of benzene rings is 1. The second-order valence-electron chi connectivity index (χ2n) is 7.66. The average molecular weight is 389 g/mol. The standard InChI is InChI=1S/C19H23N3O4S/c1-19(2)9-12(7-8-26-19)22-17-15(18(25)21-22)16(27-10-14(24)20-17)11-3-5-13(23)6-4-11/h3-6,12,16,23H,7-10H2,1-2H3,(H,20,24)(H,21,25)/t12-,16+/m0/s1. The molecule has 1 fully saturated rings. The summed E-state index contributed by atoms with van der Waals surface area (Å²) in [7, 11) is 0. The van der Waals surface area contributed by atoms with Gasteiger partial charge in [0.15, 0.2) is 0 Å². The van der Waals surface area contributed by atoms with Gasteiger partial charge in [-0.15, -0.1) is 11.8 Å². The average Bonchev–Trinajstić information content (AvgIpc) is 2.81. The maximum Gasteiger partial charge on any atom is 0.270 e. The molecule has 1 amide bonds. The molecule has 3 heterocycles. The molecule has 0 unspecified atom stereocenters. The SMILES string of the molecule is CC1(C)C[C@@H](n2[nH]c(=O)c3c2NC(=O)CS[C@@H]3c2ccc(O)cc2)CCO1. The van der Waals surface area contributed by atoms with Crippen LogP contribution in [-0.4, -0.2) is 38.8 Å². The van der Waals surface area contributed by atoms with Gasteiger partial charge in [0.25, 0.3) is 5.56 Å². The highest BCUT2D eigenvalue weighted by atomic mass is 32.2. The molecule has 4 rings (SSSR count). The zero-order chi connectivity index (χ0) is 19.2. The van der Waals surface area contributed by atoms with Gasteiger partial charge in [-0.25, -0.2) is 0 Å². The lowest BCUT2D eigenvalue weighted by Gasteiger charge is -2.36. The summed E-state index contributed by atoms with van der Waals surface area (Å²) >= 11 is 1.42. The van der Waals surface area contributed by atoms with E-state index in [1.165, 1.54) is 11.8 Å². The van der Waals surface area contributed by atoms with Crippen LogP contribution in [0.5, 0.6) is 5.75 Å². The van der Waals surface area contributed by atoms with Crippen molar-refractivity contribution in [2.75, 3.05) is 17.7 Å². The number of aromatic nitrogens is 2. The van der Waals surface area contributed by atoms with Crippen LogP contribution in [0.4, 0.5) is 5.82 Å². The van der Waals surface area contributed by atoms with Crippen molar-refractivity contribution in [2.45, 2.75) is 43.6 Å². The predicted octanol–water partition coefficient (Wildman–Crippen LogP) is 2.79. The molecule has 3 N–H and O–H groups in total. The number of aromatic amines is 1. The third-order valence-electron chi connectivity index (χ3n) is 5.10. The van der Waals surface area contributed by atoms with Gasteiger partial charge in [-0.1, -0.05) is 12.1 Å². The molecule has 2 atom stereocenters. The Bertz CT molecular complexity index is 916. The molecule has 0 aliphatic carbocycles. The maximum atomic E-state index is 12.9. The van der Waals surface area contributed by atoms with Crippen molar-refractivity contribution in [1.82, 2.24) is 9.78 Å². The molecule has 2 aromatic rings. The molecular formula is C19H23N3O4S. The second kappa shape index (κ2) is 6.76. The van der Waals surface area contributed by atoms with Gasteiger partial charge in [-0.05, 0) is 44.4 Å². The van der Waals surface area contributed by atoms with Gasteiger partial charge in [0.1, 0.15) is 11.6 Å². The van der Waals surface area contributed by atoms with E-state index in [1.807, 2.05) is 18.5 Å². The first kappa shape index (κ1) is 18.2. The van der Waals surface area contributed by atoms with Gasteiger partial charge in [0.2, 0.25) is 5.91 Å². The minimum absolute atomic E-state index is 0.0501. The molecule has 7 nitrogen and oxygen atoms in total. The monoisotopic (exact) mass is 389 g/mol. The largest absolute Gasteiger partial charge is 0.508 e. The number of phenolic OH excluding ortho intramolecular Hbond substituents is 1. The number of ether oxygens (including phenoxy) is 1. The highest BCUT2D eigenvalue weighted by molar-refractivity contribution is 8.00. The van der Waals surface area contributed by atoms with Gasteiger partial charge in [0.05, 0.1) is 28.2 Å². The quantitative estimate of drug-likeness (QED) is 0.734. The summed E-state index contributed by atoms with van der Waals surface area (Å²) in [6.07, 6.45) is 1.52. The van der Waals surface area contributed by atoms with E-state index in [9.17, 15) is 14.7 Å². The van der Waals surface area contributed by atoms with E-state index >= 15 is 0 Å². The van der Waals surface area contributed by atoms with Crippen molar-refractivity contribution in [3.63, 3.8) is 0 Å². The van der Waals surface area contributed by atoms with E-state index < -0.39 is 0 Å². The van der Waals surface area contributed by atoms with Crippen molar-refractivity contribution in [3.05, 3.63) is 45.7 Å². The smallest absolute Gasteiger partial charge is 0.270 e. The van der Waals surface area contributed by atoms with Crippen molar-refractivity contribution in [2.24, 2.45) is 0 Å². The third-order valence-corrected chi connectivity index (χ3v) is 6.37. The van der Waals surface area contributed by atoms with Crippen LogP contribution in [0.1, 0.15) is 49.1 Å². The number of fused-ring (bicyclic) bond motifs is 1. The van der Waals surface area contributed by atoms with Crippen LogP contribution >= 0.6 is 11.8 Å². The van der Waals surface area contributed by atoms with Crippen LogP contribution in [0.2, 0.25) is 0 Å². The molecule has 1 aromatic heterocycles. The number of carbonyl (C=O) groups is 1. The number of phenols is 1. The number of nitrogens with one attached hydrogen (secondary N) is 2. The van der Waals surface area contributed by atoms with E-state index in [0.717, 1.165) is 18.4 Å². The molecule has 8 heteroatoms. The Morgan fingerprint density at radius 2 is 2.00 bits per heavy atom. The number of nitrogens with zero attached hydrogens (tertiary/aromatic N) is 1. The molecule has 0 radical (unpaired) electrons. The van der Waals surface area contributed by atoms with Crippen molar-refractivity contribution in [3.8, 4) is 5.75 Å². The number of amides is 1. The maximum absolute atomic E-state index is 12.9. The molecule has 0 spiro atoms. The summed E-state index contributed by atoms with van der Waals surface area (Å²) in [6, 6.07) is 6.83. The molecule has 2 aliphatic heterocycles. The first-order valence-electron chi connectivity index (χ1n) is 9.03. The molecule has 2 aliphatic rings. The molecule has 0 bridgehead atoms. The minimum atomic E-state index is -0.281. The molecule has 27 heavy (non-hydrogen) atoms. The van der Waals surface area contributed by atoms with E-state index in [0.29, 0.717) is 18.0 Å². The zero-order valence-electron chi connectivity index (χ0n) is 15.3. The lowest BCUT2D eigenvalue weighted by molar-refractivity contribution is -0.113. The van der Waals surface area contributed by atoms with E-state index in [-0.39, 0.29) is 39.9 Å². The number of rotatable bonds is 2. The molecule has 1 aromatic carbocycles. The summed E-state index contributed by atoms with van der Waals surface area (Å²) in [5, 5.41) is 15.2. The Morgan fingerprint density at radius 1 is 1.26 bits per heavy atom. The lowest BCUT2D eigenvalue weighted by atomic mass is 9.94. The number of H-pyrrole nitrogens is 1. The van der Waals surface area contributed by atoms with E-state index in [1.54, 1.807) is 24.3 Å². The number of anilines is 1. The fourth-order valence-corrected chi connectivity index (χ4v) is 4.98. The van der Waals surface area contributed by atoms with E-state index in [2.05, 4.69) is 10.4 Å². The fourth-order valence-electron chi connectivity index (χ4n) is 3.85. The van der Waals surface area contributed by atoms with Crippen LogP contribution < -0.4 is 10.9 Å². The Balaban J connectivity index is 1.80. The Hall–Kier alpha value is -2.19. The number of thioether (sulfide) groups is 1. The molecular weight excluding hydrogens is 366 g/mol. The summed E-state index contributed by atoms with van der Waals surface area (Å²) in [5.41, 5.74) is 0.964. The second-order valence-corrected chi connectivity index (χ2v) is 8.75. The Labute approximate surface area is 161 Å². The third kappa shape index (κ3) is 3.51. The highest BCUT2D eigenvalue weighted by Gasteiger charge is 2.35. The van der Waals surface area contributed by atoms with Gasteiger partial charge in [-0.2, -0.15) is 0 Å². The van der Waals surface area contributed by atoms with Gasteiger partial charge in [0, 0.05) is 6.61 Å². The van der Waals surface area contributed by atoms with Crippen LogP contribution in [0, 0.1) is 0 Å². The predicted molar refractivity (Wildman–Crippen MR) is 104 cm³/mol. The van der Waals surface area contributed by atoms with E-state index in [4.69, 9.17) is 4.74 Å². The van der Waals surface area contributed by atoms with Crippen LogP contribution in [0.3, 0.4) is 0 Å². The zero-order valence-corrected chi connectivity index (χ0v) is 16.1. The molecule has 0 saturated carbocycles. The van der Waals surface area contributed by atoms with Gasteiger partial charge >= 0.3 is 0 Å². The summed E-state index contributed by atoms with van der Waals surface area (Å²) in [6.45, 7) is 4.68. The van der Waals surface area contributed by atoms with Crippen LogP contribution in [-0.2, 0) is 9.53 Å². The highest BCUT2D eigenvalue weighted by Crippen LogP contribution is 2.42. The molecule has 144 valence electrons. The minimum Gasteiger partial charge on any atom is -0.508 e. The van der Waals surface area contributed by atoms with Gasteiger partial charge < -0.3 is 15.2 Å².